The van der Waals surface area contributed by atoms with Gasteiger partial charge in [0, 0.05) is 22.1 Å². The summed E-state index contributed by atoms with van der Waals surface area (Å²) in [6.07, 6.45) is -0.384. The average molecular weight is 397 g/mol. The van der Waals surface area contributed by atoms with Gasteiger partial charge in [-0.3, -0.25) is 0 Å². The van der Waals surface area contributed by atoms with Crippen LogP contribution in [0.5, 0.6) is 11.5 Å². The molecule has 0 amide bonds. The van der Waals surface area contributed by atoms with Crippen molar-refractivity contribution in [2.24, 2.45) is 0 Å². The van der Waals surface area contributed by atoms with Crippen molar-refractivity contribution in [3.05, 3.63) is 52.8 Å². The number of aliphatic hydroxyl groups excluding tert-OH is 1. The Morgan fingerprint density at radius 3 is 2.67 bits per heavy atom. The lowest BCUT2D eigenvalue weighted by Gasteiger charge is -2.20. The minimum absolute atomic E-state index is 0.0225. The first kappa shape index (κ1) is 19.4. The van der Waals surface area contributed by atoms with Crippen LogP contribution in [0.15, 0.2) is 35.2 Å². The maximum Gasteiger partial charge on any atom is 0.440 e. The average Bonchev–Trinajstić information content (AvgIpc) is 2.98. The molecule has 0 aromatic heterocycles. The summed E-state index contributed by atoms with van der Waals surface area (Å²) in [5, 5.41) is 20.3. The smallest absolute Gasteiger partial charge is 0.440 e. The van der Waals surface area contributed by atoms with E-state index in [1.54, 1.807) is 0 Å². The second-order valence-corrected chi connectivity index (χ2v) is 7.97. The molecule has 27 heavy (non-hydrogen) atoms. The SMILES string of the molecule is C/C=S(\c1ccc(Oc2cc(F)cc(C#N)c2)c2c1C(O)CC2)C(F)(F)F. The highest BCUT2D eigenvalue weighted by atomic mass is 32.2. The van der Waals surface area contributed by atoms with Gasteiger partial charge in [-0.1, -0.05) is 15.9 Å². The van der Waals surface area contributed by atoms with E-state index in [4.69, 9.17) is 10.00 Å². The summed E-state index contributed by atoms with van der Waals surface area (Å²) in [7, 11) is -2.12. The molecule has 0 fully saturated rings. The van der Waals surface area contributed by atoms with Crippen molar-refractivity contribution in [3.63, 3.8) is 0 Å². The van der Waals surface area contributed by atoms with E-state index in [1.807, 2.05) is 6.07 Å². The number of hydrogen-bond donors (Lipinski definition) is 1. The maximum atomic E-state index is 13.6. The van der Waals surface area contributed by atoms with E-state index in [9.17, 15) is 22.7 Å². The molecule has 0 radical (unpaired) electrons. The largest absolute Gasteiger partial charge is 0.457 e. The highest BCUT2D eigenvalue weighted by molar-refractivity contribution is 8.15. The van der Waals surface area contributed by atoms with E-state index >= 15 is 0 Å². The van der Waals surface area contributed by atoms with Crippen LogP contribution in [0.1, 0.15) is 36.1 Å². The van der Waals surface area contributed by atoms with Gasteiger partial charge in [0.15, 0.2) is 0 Å². The summed E-state index contributed by atoms with van der Waals surface area (Å²) < 4.78 is 59.4. The van der Waals surface area contributed by atoms with E-state index in [2.05, 4.69) is 0 Å². The fourth-order valence-electron chi connectivity index (χ4n) is 3.16. The topological polar surface area (TPSA) is 53.2 Å². The van der Waals surface area contributed by atoms with Gasteiger partial charge in [-0.15, -0.1) is 0 Å². The van der Waals surface area contributed by atoms with Crippen molar-refractivity contribution < 1.29 is 27.4 Å². The third-order valence-electron chi connectivity index (χ3n) is 4.23. The zero-order valence-electron chi connectivity index (χ0n) is 14.2. The van der Waals surface area contributed by atoms with Gasteiger partial charge in [-0.25, -0.2) is 4.39 Å². The molecule has 0 aliphatic heterocycles. The van der Waals surface area contributed by atoms with E-state index in [1.165, 1.54) is 25.1 Å². The number of alkyl halides is 3. The van der Waals surface area contributed by atoms with Crippen LogP contribution in [0.3, 0.4) is 0 Å². The Morgan fingerprint density at radius 1 is 1.30 bits per heavy atom. The first-order valence-electron chi connectivity index (χ1n) is 8.06. The molecule has 3 rings (SSSR count). The molecule has 2 unspecified atom stereocenters. The van der Waals surface area contributed by atoms with Crippen LogP contribution < -0.4 is 4.74 Å². The summed E-state index contributed by atoms with van der Waals surface area (Å²) in [5.41, 5.74) is -3.68. The molecule has 2 aromatic rings. The van der Waals surface area contributed by atoms with Gasteiger partial charge >= 0.3 is 5.51 Å². The Kier molecular flexibility index (Phi) is 5.27. The number of benzene rings is 2. The van der Waals surface area contributed by atoms with Gasteiger partial charge in [0.2, 0.25) is 0 Å². The monoisotopic (exact) mass is 397 g/mol. The van der Waals surface area contributed by atoms with Crippen molar-refractivity contribution in [1.82, 2.24) is 0 Å². The van der Waals surface area contributed by atoms with Crippen LogP contribution in [0.25, 0.3) is 0 Å². The predicted octanol–water partition coefficient (Wildman–Crippen LogP) is 5.44. The molecule has 1 N–H and O–H groups in total. The molecule has 0 spiro atoms. The summed E-state index contributed by atoms with van der Waals surface area (Å²) in [6, 6.07) is 7.99. The van der Waals surface area contributed by atoms with Gasteiger partial charge in [0.05, 0.1) is 17.7 Å². The van der Waals surface area contributed by atoms with Crippen molar-refractivity contribution in [2.75, 3.05) is 0 Å². The van der Waals surface area contributed by atoms with Crippen molar-refractivity contribution in [3.8, 4) is 17.6 Å². The van der Waals surface area contributed by atoms with Crippen LogP contribution >= 0.6 is 10.5 Å². The van der Waals surface area contributed by atoms with Crippen LogP contribution in [-0.4, -0.2) is 16.0 Å². The van der Waals surface area contributed by atoms with Crippen molar-refractivity contribution >= 4 is 15.9 Å². The van der Waals surface area contributed by atoms with Gasteiger partial charge in [0.25, 0.3) is 0 Å². The molecule has 1 aliphatic carbocycles. The minimum atomic E-state index is -4.45. The van der Waals surface area contributed by atoms with Gasteiger partial charge < -0.3 is 9.84 Å². The lowest BCUT2D eigenvalue weighted by atomic mass is 10.1. The molecule has 3 nitrogen and oxygen atoms in total. The van der Waals surface area contributed by atoms with Crippen LogP contribution in [0.2, 0.25) is 0 Å². The Morgan fingerprint density at radius 2 is 2.04 bits per heavy atom. The third kappa shape index (κ3) is 3.84. The molecule has 0 bridgehead atoms. The number of fused-ring (bicyclic) bond motifs is 1. The van der Waals surface area contributed by atoms with Crippen molar-refractivity contribution in [2.45, 2.75) is 36.3 Å². The molecule has 0 saturated carbocycles. The summed E-state index contributed by atoms with van der Waals surface area (Å²) in [6.45, 7) is 1.34. The zero-order chi connectivity index (χ0) is 19.8. The third-order valence-corrected chi connectivity index (χ3v) is 6.03. The molecule has 142 valence electrons. The second-order valence-electron chi connectivity index (χ2n) is 5.92. The van der Waals surface area contributed by atoms with Crippen molar-refractivity contribution in [1.29, 1.82) is 5.26 Å². The lowest BCUT2D eigenvalue weighted by Crippen LogP contribution is -2.08. The predicted molar refractivity (Wildman–Crippen MR) is 94.6 cm³/mol. The normalized spacial score (nSPS) is 17.4. The highest BCUT2D eigenvalue weighted by Gasteiger charge is 2.37. The maximum absolute atomic E-state index is 13.6. The Bertz CT molecular complexity index is 963. The molecule has 2 aromatic carbocycles. The number of halogens is 4. The molecule has 2 atom stereocenters. The fourth-order valence-corrected chi connectivity index (χ4v) is 4.64. The fraction of sp³-hybridized carbons (Fsp3) is 0.263. The molecule has 0 saturated heterocycles. The van der Waals surface area contributed by atoms with Gasteiger partial charge in [-0.05, 0) is 44.0 Å². The quantitative estimate of drug-likeness (QED) is 0.554. The standard InChI is InChI=1S/C19H15F4NO2S/c1-2-27(19(21,22)23)17-6-5-16(14-3-4-15(25)18(14)17)26-13-8-11(10-24)7-12(20)9-13/h2,5-9,15,25H,3-4H2,1H3. The number of aliphatic hydroxyl groups is 1. The highest BCUT2D eigenvalue weighted by Crippen LogP contribution is 2.51. The molecular weight excluding hydrogens is 382 g/mol. The first-order valence-corrected chi connectivity index (χ1v) is 9.35. The summed E-state index contributed by atoms with van der Waals surface area (Å²) in [4.78, 5) is 0.0225. The number of nitrogens with zero attached hydrogens (tertiary/aromatic N) is 1. The number of nitriles is 1. The minimum Gasteiger partial charge on any atom is -0.457 e. The van der Waals surface area contributed by atoms with Crippen LogP contribution in [0, 0.1) is 17.1 Å². The Labute approximate surface area is 155 Å². The summed E-state index contributed by atoms with van der Waals surface area (Å²) in [5.74, 6) is -0.335. The number of ether oxygens (including phenoxy) is 1. The van der Waals surface area contributed by atoms with E-state index < -0.39 is 27.9 Å². The number of hydrogen-bond acceptors (Lipinski definition) is 3. The molecule has 0 heterocycles. The van der Waals surface area contributed by atoms with E-state index in [0.29, 0.717) is 12.0 Å². The van der Waals surface area contributed by atoms with Gasteiger partial charge in [-0.2, -0.15) is 18.4 Å². The molecular formula is C19H15F4NO2S. The van der Waals surface area contributed by atoms with E-state index in [-0.39, 0.29) is 33.9 Å². The zero-order valence-corrected chi connectivity index (χ0v) is 15.0. The van der Waals surface area contributed by atoms with Gasteiger partial charge in [0.1, 0.15) is 17.3 Å². The Balaban J connectivity index is 2.08. The lowest BCUT2D eigenvalue weighted by molar-refractivity contribution is -0.0335. The molecule has 1 aliphatic rings. The summed E-state index contributed by atoms with van der Waals surface area (Å²) >= 11 is 0. The Hall–Kier alpha value is -2.37. The second kappa shape index (κ2) is 7.33. The van der Waals surface area contributed by atoms with Crippen LogP contribution in [0.4, 0.5) is 17.6 Å². The van der Waals surface area contributed by atoms with Crippen LogP contribution in [-0.2, 0) is 6.42 Å². The number of rotatable bonds is 3. The van der Waals surface area contributed by atoms with E-state index in [0.717, 1.165) is 17.5 Å². The first-order chi connectivity index (χ1) is 12.7. The molecule has 8 heteroatoms.